The van der Waals surface area contributed by atoms with E-state index in [-0.39, 0.29) is 11.9 Å². The van der Waals surface area contributed by atoms with E-state index < -0.39 is 0 Å². The number of ether oxygens (including phenoxy) is 1. The van der Waals surface area contributed by atoms with Crippen LogP contribution in [0.4, 0.5) is 5.69 Å². The second-order valence-electron chi connectivity index (χ2n) is 4.04. The molecule has 0 saturated heterocycles. The Morgan fingerprint density at radius 3 is 3.00 bits per heavy atom. The number of ketones is 1. The lowest BCUT2D eigenvalue weighted by Gasteiger charge is -2.15. The third-order valence-corrected chi connectivity index (χ3v) is 2.78. The summed E-state index contributed by atoms with van der Waals surface area (Å²) in [5.41, 5.74) is 6.72. The number of rotatable bonds is 5. The van der Waals surface area contributed by atoms with Crippen molar-refractivity contribution in [3.8, 4) is 0 Å². The van der Waals surface area contributed by atoms with E-state index in [0.29, 0.717) is 23.8 Å². The van der Waals surface area contributed by atoms with E-state index in [9.17, 15) is 4.79 Å². The monoisotopic (exact) mass is 220 g/mol. The summed E-state index contributed by atoms with van der Waals surface area (Å²) >= 11 is 0. The lowest BCUT2D eigenvalue weighted by atomic mass is 10.0. The predicted molar refractivity (Wildman–Crippen MR) is 61.1 cm³/mol. The van der Waals surface area contributed by atoms with Crippen LogP contribution in [0.5, 0.6) is 0 Å². The van der Waals surface area contributed by atoms with Crippen LogP contribution < -0.4 is 5.73 Å². The molecule has 1 aliphatic carbocycles. The van der Waals surface area contributed by atoms with E-state index in [0.717, 1.165) is 12.8 Å². The second-order valence-corrected chi connectivity index (χ2v) is 4.04. The minimum absolute atomic E-state index is 0.0325. The minimum Gasteiger partial charge on any atom is -0.398 e. The Hall–Kier alpha value is -1.42. The third-order valence-electron chi connectivity index (χ3n) is 2.78. The molecular formula is C12H16N2O2. The quantitative estimate of drug-likeness (QED) is 0.766. The fraction of sp³-hybridized carbons (Fsp3) is 0.500. The van der Waals surface area contributed by atoms with E-state index in [2.05, 4.69) is 4.98 Å². The van der Waals surface area contributed by atoms with Crippen LogP contribution in [-0.2, 0) is 4.74 Å². The molecule has 4 heteroatoms. The Bertz CT molecular complexity index is 388. The Labute approximate surface area is 94.8 Å². The second kappa shape index (κ2) is 4.61. The molecule has 16 heavy (non-hydrogen) atoms. The number of nitrogen functional groups attached to an aromatic ring is 1. The van der Waals surface area contributed by atoms with Gasteiger partial charge < -0.3 is 10.5 Å². The van der Waals surface area contributed by atoms with Crippen LogP contribution in [0.15, 0.2) is 18.5 Å². The molecule has 0 bridgehead atoms. The van der Waals surface area contributed by atoms with Crippen LogP contribution in [0, 0.1) is 5.92 Å². The standard InChI is InChI=1S/C12H16N2O2/c1-2-16-12(8-3-4-8)11(15)9-7-14-6-5-10(9)13/h5-8,12H,2-4H2,1H3,(H2,13,14). The number of carbonyl (C=O) groups is 1. The summed E-state index contributed by atoms with van der Waals surface area (Å²) in [6.07, 6.45) is 4.90. The van der Waals surface area contributed by atoms with Crippen molar-refractivity contribution in [3.05, 3.63) is 24.0 Å². The van der Waals surface area contributed by atoms with Gasteiger partial charge in [0, 0.05) is 24.7 Å². The van der Waals surface area contributed by atoms with Gasteiger partial charge in [0.2, 0.25) is 0 Å². The summed E-state index contributed by atoms with van der Waals surface area (Å²) in [5.74, 6) is 0.335. The molecule has 1 aromatic heterocycles. The zero-order chi connectivity index (χ0) is 11.5. The molecule has 1 aromatic rings. The average Bonchev–Trinajstić information content (AvgIpc) is 3.09. The van der Waals surface area contributed by atoms with Crippen molar-refractivity contribution in [2.75, 3.05) is 12.3 Å². The number of anilines is 1. The molecular weight excluding hydrogens is 204 g/mol. The van der Waals surface area contributed by atoms with Crippen molar-refractivity contribution in [2.45, 2.75) is 25.9 Å². The summed E-state index contributed by atoms with van der Waals surface area (Å²) < 4.78 is 5.50. The fourth-order valence-corrected chi connectivity index (χ4v) is 1.77. The number of aromatic nitrogens is 1. The highest BCUT2D eigenvalue weighted by Crippen LogP contribution is 2.36. The van der Waals surface area contributed by atoms with Gasteiger partial charge in [0.15, 0.2) is 5.78 Å². The SMILES string of the molecule is CCOC(C(=O)c1cnccc1N)C1CC1. The predicted octanol–water partition coefficient (Wildman–Crippen LogP) is 1.66. The van der Waals surface area contributed by atoms with Gasteiger partial charge in [-0.05, 0) is 31.7 Å². The zero-order valence-electron chi connectivity index (χ0n) is 9.35. The van der Waals surface area contributed by atoms with Crippen LogP contribution in [-0.4, -0.2) is 23.5 Å². The molecule has 1 atom stereocenters. The first-order valence-corrected chi connectivity index (χ1v) is 5.59. The normalized spacial score (nSPS) is 17.1. The number of nitrogens with two attached hydrogens (primary N) is 1. The number of nitrogens with zero attached hydrogens (tertiary/aromatic N) is 1. The molecule has 0 aliphatic heterocycles. The Morgan fingerprint density at radius 1 is 1.69 bits per heavy atom. The highest BCUT2D eigenvalue weighted by Gasteiger charge is 2.37. The zero-order valence-corrected chi connectivity index (χ0v) is 9.35. The number of hydrogen-bond acceptors (Lipinski definition) is 4. The van der Waals surface area contributed by atoms with Crippen molar-refractivity contribution < 1.29 is 9.53 Å². The van der Waals surface area contributed by atoms with Gasteiger partial charge in [-0.15, -0.1) is 0 Å². The molecule has 2 N–H and O–H groups in total. The molecule has 1 heterocycles. The highest BCUT2D eigenvalue weighted by atomic mass is 16.5. The maximum absolute atomic E-state index is 12.2. The molecule has 0 radical (unpaired) electrons. The van der Waals surface area contributed by atoms with Gasteiger partial charge in [-0.2, -0.15) is 0 Å². The van der Waals surface area contributed by atoms with Crippen molar-refractivity contribution in [1.82, 2.24) is 4.98 Å². The highest BCUT2D eigenvalue weighted by molar-refractivity contribution is 6.03. The topological polar surface area (TPSA) is 65.2 Å². The number of hydrogen-bond donors (Lipinski definition) is 1. The van der Waals surface area contributed by atoms with Gasteiger partial charge in [-0.25, -0.2) is 0 Å². The summed E-state index contributed by atoms with van der Waals surface area (Å²) in [6, 6.07) is 1.64. The first kappa shape index (κ1) is 11.1. The van der Waals surface area contributed by atoms with Crippen molar-refractivity contribution in [2.24, 2.45) is 5.92 Å². The smallest absolute Gasteiger partial charge is 0.195 e. The van der Waals surface area contributed by atoms with Gasteiger partial charge >= 0.3 is 0 Å². The van der Waals surface area contributed by atoms with Gasteiger partial charge in [0.05, 0.1) is 5.56 Å². The van der Waals surface area contributed by atoms with Crippen LogP contribution in [0.1, 0.15) is 30.1 Å². The van der Waals surface area contributed by atoms with Gasteiger partial charge in [-0.3, -0.25) is 9.78 Å². The molecule has 1 unspecified atom stereocenters. The van der Waals surface area contributed by atoms with E-state index in [1.807, 2.05) is 6.92 Å². The molecule has 0 spiro atoms. The lowest BCUT2D eigenvalue weighted by Crippen LogP contribution is -2.27. The van der Waals surface area contributed by atoms with E-state index in [1.54, 1.807) is 12.3 Å². The Morgan fingerprint density at radius 2 is 2.44 bits per heavy atom. The van der Waals surface area contributed by atoms with Crippen LogP contribution in [0.3, 0.4) is 0 Å². The Balaban J connectivity index is 2.19. The molecule has 1 fully saturated rings. The molecule has 1 saturated carbocycles. The van der Waals surface area contributed by atoms with Crippen LogP contribution >= 0.6 is 0 Å². The van der Waals surface area contributed by atoms with Crippen molar-refractivity contribution in [3.63, 3.8) is 0 Å². The number of Topliss-reactive ketones (excluding diaryl/α,β-unsaturated/α-hetero) is 1. The molecule has 1 aliphatic rings. The maximum atomic E-state index is 12.2. The molecule has 0 aromatic carbocycles. The molecule has 4 nitrogen and oxygen atoms in total. The third kappa shape index (κ3) is 2.22. The van der Waals surface area contributed by atoms with Crippen molar-refractivity contribution >= 4 is 11.5 Å². The molecule has 2 rings (SSSR count). The van der Waals surface area contributed by atoms with Gasteiger partial charge in [0.25, 0.3) is 0 Å². The van der Waals surface area contributed by atoms with E-state index in [1.165, 1.54) is 6.20 Å². The largest absolute Gasteiger partial charge is 0.398 e. The molecule has 0 amide bonds. The van der Waals surface area contributed by atoms with Gasteiger partial charge in [-0.1, -0.05) is 0 Å². The first-order chi connectivity index (χ1) is 7.74. The summed E-state index contributed by atoms with van der Waals surface area (Å²) in [5, 5.41) is 0. The lowest BCUT2D eigenvalue weighted by molar-refractivity contribution is 0.0375. The first-order valence-electron chi connectivity index (χ1n) is 5.59. The minimum atomic E-state index is -0.337. The summed E-state index contributed by atoms with van der Waals surface area (Å²) in [4.78, 5) is 16.1. The summed E-state index contributed by atoms with van der Waals surface area (Å²) in [6.45, 7) is 2.45. The average molecular weight is 220 g/mol. The molecule has 86 valence electrons. The van der Waals surface area contributed by atoms with E-state index >= 15 is 0 Å². The Kier molecular flexibility index (Phi) is 3.19. The van der Waals surface area contributed by atoms with Crippen molar-refractivity contribution in [1.29, 1.82) is 0 Å². The number of pyridine rings is 1. The van der Waals surface area contributed by atoms with E-state index in [4.69, 9.17) is 10.5 Å². The fourth-order valence-electron chi connectivity index (χ4n) is 1.77. The van der Waals surface area contributed by atoms with Gasteiger partial charge in [0.1, 0.15) is 6.10 Å². The van der Waals surface area contributed by atoms with Crippen LogP contribution in [0.25, 0.3) is 0 Å². The number of carbonyl (C=O) groups excluding carboxylic acids is 1. The maximum Gasteiger partial charge on any atom is 0.195 e. The van der Waals surface area contributed by atoms with Crippen LogP contribution in [0.2, 0.25) is 0 Å². The summed E-state index contributed by atoms with van der Waals surface area (Å²) in [7, 11) is 0.